The summed E-state index contributed by atoms with van der Waals surface area (Å²) in [6.07, 6.45) is 6.19. The molecule has 0 amide bonds. The Bertz CT molecular complexity index is 1540. The molecule has 0 atom stereocenters. The van der Waals surface area contributed by atoms with E-state index >= 15 is 0 Å². The smallest absolute Gasteiger partial charge is 0.335 e. The number of carboxylic acids is 1. The number of carbonyl (C=O) groups is 1. The Morgan fingerprint density at radius 3 is 2.65 bits per heavy atom. The maximum atomic E-state index is 14.5. The van der Waals surface area contributed by atoms with E-state index in [1.165, 1.54) is 6.07 Å². The summed E-state index contributed by atoms with van der Waals surface area (Å²) in [4.78, 5) is 15.6. The molecule has 0 unspecified atom stereocenters. The van der Waals surface area contributed by atoms with Crippen LogP contribution in [0.1, 0.15) is 83.7 Å². The number of allylic oxidation sites excluding steroid dienone is 4. The predicted octanol–water partition coefficient (Wildman–Crippen LogP) is 6.90. The molecule has 1 aromatic carbocycles. The lowest BCUT2D eigenvalue weighted by Gasteiger charge is -2.34. The Hall–Kier alpha value is -2.83. The molecule has 2 fully saturated rings. The number of halogens is 3. The molecule has 5 rings (SSSR count). The fourth-order valence-corrected chi connectivity index (χ4v) is 6.53. The highest BCUT2D eigenvalue weighted by Crippen LogP contribution is 2.46. The zero-order chi connectivity index (χ0) is 28.6. The molecule has 9 nitrogen and oxygen atoms in total. The predicted molar refractivity (Wildman–Crippen MR) is 149 cm³/mol. The first-order chi connectivity index (χ1) is 19.1. The van der Waals surface area contributed by atoms with Gasteiger partial charge in [0.15, 0.2) is 5.82 Å². The summed E-state index contributed by atoms with van der Waals surface area (Å²) in [5, 5.41) is 37.6. The van der Waals surface area contributed by atoms with Crippen LogP contribution in [0.4, 0.5) is 4.39 Å². The van der Waals surface area contributed by atoms with E-state index in [2.05, 4.69) is 15.3 Å². The Morgan fingerprint density at radius 2 is 2.02 bits per heavy atom. The highest BCUT2D eigenvalue weighted by atomic mass is 35.5. The minimum Gasteiger partial charge on any atom is -0.478 e. The Labute approximate surface area is 242 Å². The van der Waals surface area contributed by atoms with Gasteiger partial charge in [-0.25, -0.2) is 14.2 Å². The molecule has 212 valence electrons. The fraction of sp³-hybridized carbons (Fsp3) is 0.407. The van der Waals surface area contributed by atoms with E-state index < -0.39 is 17.4 Å². The SMILES string of the molecule is C\C=C(Cl)/C(=C(Cl)\C=N\O)c1noc(C2CC2)c1COC1CCC(O)(c2nc3c(F)cc(C(=O)O)cc3s2)CC1. The average Bonchev–Trinajstić information content (AvgIpc) is 3.53. The summed E-state index contributed by atoms with van der Waals surface area (Å²) < 4.78 is 26.8. The van der Waals surface area contributed by atoms with Crippen molar-refractivity contribution in [2.75, 3.05) is 0 Å². The standard InChI is InChI=1S/C27H26Cl2FN3O6S/c1-2-17(28)21(18(29)11-31-37)22-16(24(39-33-22)13-3-4-13)12-38-15-5-7-27(36,8-6-15)26-32-23-19(30)9-14(25(34)35)10-20(23)40-26/h2,9-11,13,15,36-37H,3-8,12H2,1H3,(H,34,35)/b17-2+,21-18-,31-11+. The number of ether oxygens (including phenoxy) is 1. The lowest BCUT2D eigenvalue weighted by Crippen LogP contribution is -2.34. The van der Waals surface area contributed by atoms with Crippen molar-refractivity contribution in [3.8, 4) is 0 Å². The van der Waals surface area contributed by atoms with Crippen molar-refractivity contribution in [2.45, 2.75) is 69.7 Å². The number of rotatable bonds is 9. The van der Waals surface area contributed by atoms with Crippen molar-refractivity contribution >= 4 is 62.5 Å². The quantitative estimate of drug-likeness (QED) is 0.103. The van der Waals surface area contributed by atoms with Gasteiger partial charge in [0.05, 0.1) is 34.2 Å². The summed E-state index contributed by atoms with van der Waals surface area (Å²) in [5.74, 6) is -1.02. The summed E-state index contributed by atoms with van der Waals surface area (Å²) in [5.41, 5.74) is 0.121. The van der Waals surface area contributed by atoms with Gasteiger partial charge in [0.2, 0.25) is 0 Å². The second-order valence-electron chi connectivity index (χ2n) is 9.92. The molecule has 0 bridgehead atoms. The van der Waals surface area contributed by atoms with Crippen molar-refractivity contribution in [3.63, 3.8) is 0 Å². The lowest BCUT2D eigenvalue weighted by atomic mass is 9.83. The van der Waals surface area contributed by atoms with Crippen molar-refractivity contribution < 1.29 is 33.9 Å². The highest BCUT2D eigenvalue weighted by molar-refractivity contribution is 7.18. The number of oxime groups is 1. The average molecular weight is 610 g/mol. The molecule has 2 heterocycles. The second kappa shape index (κ2) is 11.6. The third-order valence-electron chi connectivity index (χ3n) is 7.22. The minimum absolute atomic E-state index is 0.0537. The van der Waals surface area contributed by atoms with Crippen LogP contribution in [0.25, 0.3) is 15.8 Å². The second-order valence-corrected chi connectivity index (χ2v) is 11.8. The molecule has 3 N–H and O–H groups in total. The number of thiazole rings is 1. The van der Waals surface area contributed by atoms with Gasteiger partial charge in [0.25, 0.3) is 0 Å². The summed E-state index contributed by atoms with van der Waals surface area (Å²) in [6.45, 7) is 1.92. The molecule has 40 heavy (non-hydrogen) atoms. The van der Waals surface area contributed by atoms with Crippen LogP contribution in [0, 0.1) is 5.82 Å². The van der Waals surface area contributed by atoms with E-state index in [9.17, 15) is 19.4 Å². The van der Waals surface area contributed by atoms with Crippen LogP contribution in [0.5, 0.6) is 0 Å². The van der Waals surface area contributed by atoms with Crippen LogP contribution < -0.4 is 0 Å². The highest BCUT2D eigenvalue weighted by Gasteiger charge is 2.39. The molecular weight excluding hydrogens is 584 g/mol. The first-order valence-corrected chi connectivity index (χ1v) is 14.3. The molecule has 2 aromatic heterocycles. The Kier molecular flexibility index (Phi) is 8.30. The van der Waals surface area contributed by atoms with Gasteiger partial charge in [-0.3, -0.25) is 0 Å². The van der Waals surface area contributed by atoms with Crippen LogP contribution in [-0.2, 0) is 16.9 Å². The van der Waals surface area contributed by atoms with Gasteiger partial charge in [0, 0.05) is 22.1 Å². The van der Waals surface area contributed by atoms with Crippen molar-refractivity contribution in [3.05, 3.63) is 61.7 Å². The zero-order valence-corrected chi connectivity index (χ0v) is 23.7. The van der Waals surface area contributed by atoms with E-state index in [1.807, 2.05) is 0 Å². The van der Waals surface area contributed by atoms with Gasteiger partial charge < -0.3 is 24.7 Å². The number of nitrogens with zero attached hydrogens (tertiary/aromatic N) is 3. The van der Waals surface area contributed by atoms with Crippen LogP contribution >= 0.6 is 34.5 Å². The normalized spacial score (nSPS) is 22.7. The Morgan fingerprint density at radius 1 is 1.30 bits per heavy atom. The molecule has 0 saturated heterocycles. The maximum Gasteiger partial charge on any atom is 0.335 e. The summed E-state index contributed by atoms with van der Waals surface area (Å²) in [6, 6.07) is 2.31. The van der Waals surface area contributed by atoms with E-state index in [4.69, 9.17) is 37.7 Å². The molecule has 2 saturated carbocycles. The van der Waals surface area contributed by atoms with E-state index in [-0.39, 0.29) is 34.7 Å². The van der Waals surface area contributed by atoms with Gasteiger partial charge in [-0.05, 0) is 57.6 Å². The van der Waals surface area contributed by atoms with Crippen LogP contribution in [0.15, 0.2) is 38.0 Å². The van der Waals surface area contributed by atoms with E-state index in [0.29, 0.717) is 57.5 Å². The van der Waals surface area contributed by atoms with Gasteiger partial charge in [-0.1, -0.05) is 39.6 Å². The number of aromatic carboxylic acids is 1. The molecule has 13 heteroatoms. The number of hydrogen-bond donors (Lipinski definition) is 3. The van der Waals surface area contributed by atoms with Gasteiger partial charge in [-0.2, -0.15) is 0 Å². The summed E-state index contributed by atoms with van der Waals surface area (Å²) >= 11 is 13.9. The number of fused-ring (bicyclic) bond motifs is 1. The first kappa shape index (κ1) is 28.7. The van der Waals surface area contributed by atoms with Gasteiger partial charge in [-0.15, -0.1) is 11.3 Å². The fourth-order valence-electron chi connectivity index (χ4n) is 4.89. The molecule has 2 aliphatic carbocycles. The van der Waals surface area contributed by atoms with Crippen LogP contribution in [0.3, 0.4) is 0 Å². The topological polar surface area (TPSA) is 138 Å². The molecule has 0 radical (unpaired) electrons. The zero-order valence-electron chi connectivity index (χ0n) is 21.4. The van der Waals surface area contributed by atoms with Gasteiger partial charge >= 0.3 is 5.97 Å². The first-order valence-electron chi connectivity index (χ1n) is 12.7. The van der Waals surface area contributed by atoms with E-state index in [0.717, 1.165) is 42.0 Å². The number of aromatic nitrogens is 2. The minimum atomic E-state index is -1.27. The lowest BCUT2D eigenvalue weighted by molar-refractivity contribution is -0.0641. The monoisotopic (exact) mass is 609 g/mol. The largest absolute Gasteiger partial charge is 0.478 e. The third kappa shape index (κ3) is 5.66. The van der Waals surface area contributed by atoms with Crippen molar-refractivity contribution in [2.24, 2.45) is 5.16 Å². The number of carboxylic acid groups (broad SMARTS) is 1. The number of aliphatic hydroxyl groups is 1. The van der Waals surface area contributed by atoms with Crippen LogP contribution in [0.2, 0.25) is 0 Å². The molecule has 3 aromatic rings. The van der Waals surface area contributed by atoms with Crippen LogP contribution in [-0.4, -0.2) is 43.8 Å². The Balaban J connectivity index is 1.33. The maximum absolute atomic E-state index is 14.5. The summed E-state index contributed by atoms with van der Waals surface area (Å²) in [7, 11) is 0. The number of hydrogen-bond acceptors (Lipinski definition) is 9. The molecule has 0 spiro atoms. The van der Waals surface area contributed by atoms with Crippen molar-refractivity contribution in [1.82, 2.24) is 10.1 Å². The molecule has 0 aliphatic heterocycles. The van der Waals surface area contributed by atoms with Crippen molar-refractivity contribution in [1.29, 1.82) is 0 Å². The van der Waals surface area contributed by atoms with Gasteiger partial charge in [0.1, 0.15) is 27.6 Å². The molecule has 2 aliphatic rings. The number of benzene rings is 1. The molecular formula is C27H26Cl2FN3O6S. The van der Waals surface area contributed by atoms with E-state index in [1.54, 1.807) is 13.0 Å². The third-order valence-corrected chi connectivity index (χ3v) is 9.11.